The van der Waals surface area contributed by atoms with Crippen LogP contribution in [0.15, 0.2) is 0 Å². The zero-order valence-corrected chi connectivity index (χ0v) is 10.4. The number of carbonyl (C=O) groups is 2. The van der Waals surface area contributed by atoms with E-state index >= 15 is 0 Å². The summed E-state index contributed by atoms with van der Waals surface area (Å²) in [6.07, 6.45) is 1.44. The van der Waals surface area contributed by atoms with Gasteiger partial charge in [-0.05, 0) is 12.3 Å². The first-order valence-corrected chi connectivity index (χ1v) is 5.57. The number of nitrogens with two attached hydrogens (primary N) is 1. The summed E-state index contributed by atoms with van der Waals surface area (Å²) in [4.78, 5) is 23.0. The van der Waals surface area contributed by atoms with Crippen LogP contribution < -0.4 is 11.1 Å². The van der Waals surface area contributed by atoms with Crippen molar-refractivity contribution in [3.63, 3.8) is 0 Å². The van der Waals surface area contributed by atoms with Crippen LogP contribution in [0.2, 0.25) is 0 Å². The van der Waals surface area contributed by atoms with Crippen LogP contribution in [-0.2, 0) is 14.3 Å². The van der Waals surface area contributed by atoms with E-state index in [0.29, 0.717) is 6.42 Å². The van der Waals surface area contributed by atoms with Gasteiger partial charge in [0, 0.05) is 0 Å². The number of esters is 1. The summed E-state index contributed by atoms with van der Waals surface area (Å²) in [5, 5.41) is 2.61. The van der Waals surface area contributed by atoms with E-state index in [1.54, 1.807) is 0 Å². The summed E-state index contributed by atoms with van der Waals surface area (Å²) in [6.45, 7) is 5.63. The molecule has 0 aliphatic carbocycles. The average Bonchev–Trinajstić information content (AvgIpc) is 2.24. The average molecular weight is 230 g/mol. The molecule has 3 N–H and O–H groups in total. The maximum atomic E-state index is 11.6. The first-order valence-electron chi connectivity index (χ1n) is 5.57. The molecule has 5 nitrogen and oxygen atoms in total. The Labute approximate surface area is 96.7 Å². The van der Waals surface area contributed by atoms with Gasteiger partial charge >= 0.3 is 5.97 Å². The third-order valence-electron chi connectivity index (χ3n) is 2.36. The van der Waals surface area contributed by atoms with Gasteiger partial charge in [0.1, 0.15) is 6.04 Å². The lowest BCUT2D eigenvalue weighted by atomic mass is 10.0. The summed E-state index contributed by atoms with van der Waals surface area (Å²) in [6, 6.07) is -1.18. The first-order chi connectivity index (χ1) is 7.43. The normalized spacial score (nSPS) is 14.4. The summed E-state index contributed by atoms with van der Waals surface area (Å²) in [5.74, 6) is -0.761. The summed E-state index contributed by atoms with van der Waals surface area (Å²) in [5.41, 5.74) is 5.65. The molecule has 0 aromatic carbocycles. The van der Waals surface area contributed by atoms with Crippen molar-refractivity contribution in [3.8, 4) is 0 Å². The Kier molecular flexibility index (Phi) is 6.72. The van der Waals surface area contributed by atoms with Gasteiger partial charge in [-0.3, -0.25) is 4.79 Å². The van der Waals surface area contributed by atoms with Crippen molar-refractivity contribution in [2.75, 3.05) is 7.11 Å². The molecule has 0 radical (unpaired) electrons. The second-order valence-corrected chi connectivity index (χ2v) is 4.15. The Balaban J connectivity index is 4.40. The van der Waals surface area contributed by atoms with E-state index < -0.39 is 18.1 Å². The second-order valence-electron chi connectivity index (χ2n) is 4.15. The molecular formula is C11H22N2O3. The number of hydrogen-bond acceptors (Lipinski definition) is 4. The Morgan fingerprint density at radius 1 is 1.38 bits per heavy atom. The molecular weight excluding hydrogens is 208 g/mol. The highest BCUT2D eigenvalue weighted by Crippen LogP contribution is 2.04. The third kappa shape index (κ3) is 4.61. The molecule has 16 heavy (non-hydrogen) atoms. The molecule has 2 atom stereocenters. The van der Waals surface area contributed by atoms with Crippen LogP contribution in [0.4, 0.5) is 0 Å². The lowest BCUT2D eigenvalue weighted by Gasteiger charge is -2.21. The van der Waals surface area contributed by atoms with Crippen molar-refractivity contribution in [3.05, 3.63) is 0 Å². The molecule has 0 aliphatic heterocycles. The Morgan fingerprint density at radius 2 is 1.94 bits per heavy atom. The first kappa shape index (κ1) is 14.9. The molecule has 2 unspecified atom stereocenters. The molecule has 0 saturated heterocycles. The van der Waals surface area contributed by atoms with Crippen molar-refractivity contribution < 1.29 is 14.3 Å². The largest absolute Gasteiger partial charge is 0.467 e. The van der Waals surface area contributed by atoms with Gasteiger partial charge in [0.25, 0.3) is 0 Å². The maximum Gasteiger partial charge on any atom is 0.328 e. The van der Waals surface area contributed by atoms with Gasteiger partial charge in [-0.25, -0.2) is 4.79 Å². The van der Waals surface area contributed by atoms with Gasteiger partial charge < -0.3 is 15.8 Å². The van der Waals surface area contributed by atoms with Crippen LogP contribution in [-0.4, -0.2) is 31.1 Å². The molecule has 94 valence electrons. The molecule has 0 fully saturated rings. The molecule has 0 aromatic heterocycles. The van der Waals surface area contributed by atoms with Gasteiger partial charge in [-0.2, -0.15) is 0 Å². The standard InChI is InChI=1S/C11H22N2O3/c1-5-6-8(12)10(14)13-9(7(2)3)11(15)16-4/h7-9H,5-6,12H2,1-4H3,(H,13,14). The van der Waals surface area contributed by atoms with Crippen LogP contribution in [0.1, 0.15) is 33.6 Å². The van der Waals surface area contributed by atoms with E-state index in [4.69, 9.17) is 5.73 Å². The Morgan fingerprint density at radius 3 is 2.31 bits per heavy atom. The molecule has 0 heterocycles. The number of amides is 1. The number of methoxy groups -OCH3 is 1. The lowest BCUT2D eigenvalue weighted by molar-refractivity contribution is -0.146. The van der Waals surface area contributed by atoms with E-state index in [0.717, 1.165) is 6.42 Å². The molecule has 0 aromatic rings. The number of hydrogen-bond donors (Lipinski definition) is 2. The Bertz CT molecular complexity index is 241. The minimum atomic E-state index is -0.625. The lowest BCUT2D eigenvalue weighted by Crippen LogP contribution is -2.50. The molecule has 0 saturated carbocycles. The quantitative estimate of drug-likeness (QED) is 0.648. The zero-order valence-electron chi connectivity index (χ0n) is 10.4. The molecule has 1 amide bonds. The molecule has 0 rings (SSSR count). The van der Waals surface area contributed by atoms with Crippen LogP contribution in [0.3, 0.4) is 0 Å². The van der Waals surface area contributed by atoms with Crippen molar-refractivity contribution in [1.29, 1.82) is 0 Å². The van der Waals surface area contributed by atoms with Crippen molar-refractivity contribution in [2.45, 2.75) is 45.7 Å². The minimum Gasteiger partial charge on any atom is -0.467 e. The van der Waals surface area contributed by atoms with Crippen molar-refractivity contribution in [2.24, 2.45) is 11.7 Å². The minimum absolute atomic E-state index is 0.0229. The fraction of sp³-hybridized carbons (Fsp3) is 0.818. The van der Waals surface area contributed by atoms with Gasteiger partial charge in [-0.15, -0.1) is 0 Å². The van der Waals surface area contributed by atoms with Gasteiger partial charge in [0.2, 0.25) is 5.91 Å². The van der Waals surface area contributed by atoms with E-state index in [-0.39, 0.29) is 11.8 Å². The van der Waals surface area contributed by atoms with E-state index in [9.17, 15) is 9.59 Å². The van der Waals surface area contributed by atoms with Crippen molar-refractivity contribution in [1.82, 2.24) is 5.32 Å². The fourth-order valence-corrected chi connectivity index (χ4v) is 1.33. The molecule has 5 heteroatoms. The van der Waals surface area contributed by atoms with Gasteiger partial charge in [-0.1, -0.05) is 27.2 Å². The summed E-state index contributed by atoms with van der Waals surface area (Å²) < 4.78 is 4.62. The SMILES string of the molecule is CCCC(N)C(=O)NC(C(=O)OC)C(C)C. The third-order valence-corrected chi connectivity index (χ3v) is 2.36. The zero-order chi connectivity index (χ0) is 12.7. The molecule has 0 aliphatic rings. The Hall–Kier alpha value is -1.10. The van der Waals surface area contributed by atoms with Gasteiger partial charge in [0.15, 0.2) is 0 Å². The van der Waals surface area contributed by atoms with Crippen LogP contribution in [0.25, 0.3) is 0 Å². The number of rotatable bonds is 6. The van der Waals surface area contributed by atoms with E-state index in [1.165, 1.54) is 7.11 Å². The molecule has 0 bridgehead atoms. The highest BCUT2D eigenvalue weighted by Gasteiger charge is 2.26. The van der Waals surface area contributed by atoms with Crippen LogP contribution in [0.5, 0.6) is 0 Å². The second kappa shape index (κ2) is 7.22. The smallest absolute Gasteiger partial charge is 0.328 e. The number of ether oxygens (including phenoxy) is 1. The fourth-order valence-electron chi connectivity index (χ4n) is 1.33. The highest BCUT2D eigenvalue weighted by atomic mass is 16.5. The predicted octanol–water partition coefficient (Wildman–Crippen LogP) is 0.428. The number of nitrogens with one attached hydrogen (secondary N) is 1. The van der Waals surface area contributed by atoms with E-state index in [2.05, 4.69) is 10.1 Å². The topological polar surface area (TPSA) is 81.4 Å². The van der Waals surface area contributed by atoms with Crippen LogP contribution >= 0.6 is 0 Å². The van der Waals surface area contributed by atoms with Gasteiger partial charge in [0.05, 0.1) is 13.2 Å². The van der Waals surface area contributed by atoms with E-state index in [1.807, 2.05) is 20.8 Å². The summed E-state index contributed by atoms with van der Waals surface area (Å²) >= 11 is 0. The molecule has 0 spiro atoms. The highest BCUT2D eigenvalue weighted by molar-refractivity contribution is 5.87. The number of carbonyl (C=O) groups excluding carboxylic acids is 2. The summed E-state index contributed by atoms with van der Waals surface area (Å²) in [7, 11) is 1.30. The van der Waals surface area contributed by atoms with Crippen molar-refractivity contribution >= 4 is 11.9 Å². The van der Waals surface area contributed by atoms with Crippen LogP contribution in [0, 0.1) is 5.92 Å². The maximum absolute atomic E-state index is 11.6. The predicted molar refractivity (Wildman–Crippen MR) is 61.7 cm³/mol. The monoisotopic (exact) mass is 230 g/mol.